The minimum Gasteiger partial charge on any atom is -0.395 e. The van der Waals surface area contributed by atoms with Crippen LogP contribution in [-0.4, -0.2) is 42.0 Å². The Morgan fingerprint density at radius 3 is 2.05 bits per heavy atom. The Hall–Kier alpha value is -0.710. The van der Waals surface area contributed by atoms with Crippen LogP contribution in [0.1, 0.15) is 38.5 Å². The molecular weight excluding hydrogens is 264 g/mol. The maximum atomic E-state index is 12.8. The second-order valence-electron chi connectivity index (χ2n) is 7.06. The van der Waals surface area contributed by atoms with Gasteiger partial charge in [-0.05, 0) is 56.3 Å². The fraction of sp³-hybridized carbons (Fsp3) is 0.933. The van der Waals surface area contributed by atoms with Crippen LogP contribution >= 0.6 is 0 Å². The quantitative estimate of drug-likeness (QED) is 0.843. The standard InChI is InChI=1S/C15H23F2NO2/c16-13(17)9-18(1-2-19)14(20)15-6-10-3-11(7-15)5-12(4-10)8-15/h10-13,19H,1-9H2. The molecule has 0 spiro atoms. The van der Waals surface area contributed by atoms with Crippen LogP contribution in [0, 0.1) is 23.2 Å². The zero-order valence-electron chi connectivity index (χ0n) is 11.7. The minimum absolute atomic E-state index is 0.0327. The van der Waals surface area contributed by atoms with Gasteiger partial charge in [-0.2, -0.15) is 0 Å². The first-order valence-corrected chi connectivity index (χ1v) is 7.71. The molecule has 0 aliphatic heterocycles. The summed E-state index contributed by atoms with van der Waals surface area (Å²) >= 11 is 0. The molecule has 0 aromatic heterocycles. The van der Waals surface area contributed by atoms with E-state index < -0.39 is 18.4 Å². The van der Waals surface area contributed by atoms with Crippen molar-refractivity contribution in [3.63, 3.8) is 0 Å². The summed E-state index contributed by atoms with van der Waals surface area (Å²) in [7, 11) is 0. The van der Waals surface area contributed by atoms with Crippen LogP contribution in [0.5, 0.6) is 0 Å². The van der Waals surface area contributed by atoms with Crippen LogP contribution in [0.2, 0.25) is 0 Å². The molecule has 0 heterocycles. The largest absolute Gasteiger partial charge is 0.395 e. The van der Waals surface area contributed by atoms with E-state index in [1.165, 1.54) is 24.2 Å². The molecule has 0 radical (unpaired) electrons. The lowest BCUT2D eigenvalue weighted by molar-refractivity contribution is -0.160. The van der Waals surface area contributed by atoms with Crippen molar-refractivity contribution in [3.8, 4) is 0 Å². The van der Waals surface area contributed by atoms with E-state index in [2.05, 4.69) is 0 Å². The number of carbonyl (C=O) groups excluding carboxylic acids is 1. The number of alkyl halides is 2. The third-order valence-corrected chi connectivity index (χ3v) is 5.51. The van der Waals surface area contributed by atoms with E-state index in [1.807, 2.05) is 0 Å². The van der Waals surface area contributed by atoms with E-state index in [4.69, 9.17) is 5.11 Å². The van der Waals surface area contributed by atoms with Crippen molar-refractivity contribution in [3.05, 3.63) is 0 Å². The van der Waals surface area contributed by atoms with Crippen molar-refractivity contribution in [1.29, 1.82) is 0 Å². The molecule has 0 aromatic carbocycles. The maximum Gasteiger partial charge on any atom is 0.255 e. The molecule has 4 saturated carbocycles. The number of hydrogen-bond donors (Lipinski definition) is 1. The molecule has 1 amide bonds. The van der Waals surface area contributed by atoms with Gasteiger partial charge in [0.1, 0.15) is 0 Å². The van der Waals surface area contributed by atoms with Crippen LogP contribution < -0.4 is 0 Å². The molecule has 5 heteroatoms. The van der Waals surface area contributed by atoms with Gasteiger partial charge in [0, 0.05) is 6.54 Å². The molecule has 4 aliphatic rings. The molecule has 0 atom stereocenters. The molecule has 4 fully saturated rings. The van der Waals surface area contributed by atoms with Crippen LogP contribution in [0.25, 0.3) is 0 Å². The SMILES string of the molecule is O=C(N(CCO)CC(F)F)C12CC3CC(CC(C3)C1)C2. The number of nitrogens with zero attached hydrogens (tertiary/aromatic N) is 1. The third-order valence-electron chi connectivity index (χ3n) is 5.51. The zero-order valence-corrected chi connectivity index (χ0v) is 11.7. The highest BCUT2D eigenvalue weighted by Crippen LogP contribution is 2.60. The predicted molar refractivity (Wildman–Crippen MR) is 70.3 cm³/mol. The zero-order chi connectivity index (χ0) is 14.3. The van der Waals surface area contributed by atoms with Gasteiger partial charge in [-0.25, -0.2) is 8.78 Å². The first kappa shape index (κ1) is 14.2. The third kappa shape index (κ3) is 2.45. The number of aliphatic hydroxyl groups excluding tert-OH is 1. The summed E-state index contributed by atoms with van der Waals surface area (Å²) in [6, 6.07) is 0. The van der Waals surface area contributed by atoms with Gasteiger partial charge in [0.05, 0.1) is 18.6 Å². The molecule has 0 unspecified atom stereocenters. The second-order valence-corrected chi connectivity index (χ2v) is 7.06. The summed E-state index contributed by atoms with van der Waals surface area (Å²) in [4.78, 5) is 14.0. The maximum absolute atomic E-state index is 12.8. The first-order chi connectivity index (χ1) is 9.52. The van der Waals surface area contributed by atoms with Crippen molar-refractivity contribution in [2.45, 2.75) is 45.0 Å². The normalized spacial score (nSPS) is 38.5. The van der Waals surface area contributed by atoms with Crippen molar-refractivity contribution in [1.82, 2.24) is 4.90 Å². The summed E-state index contributed by atoms with van der Waals surface area (Å²) in [5.74, 6) is 1.74. The number of halogens is 2. The van der Waals surface area contributed by atoms with Crippen LogP contribution in [0.3, 0.4) is 0 Å². The molecule has 114 valence electrons. The second kappa shape index (κ2) is 5.24. The smallest absolute Gasteiger partial charge is 0.255 e. The van der Waals surface area contributed by atoms with Gasteiger partial charge in [0.15, 0.2) is 0 Å². The van der Waals surface area contributed by atoms with Crippen molar-refractivity contribution in [2.24, 2.45) is 23.2 Å². The predicted octanol–water partition coefficient (Wildman–Crippen LogP) is 2.29. The van der Waals surface area contributed by atoms with E-state index in [1.54, 1.807) is 0 Å². The van der Waals surface area contributed by atoms with Gasteiger partial charge in [-0.1, -0.05) is 0 Å². The van der Waals surface area contributed by atoms with Crippen molar-refractivity contribution >= 4 is 5.91 Å². The Morgan fingerprint density at radius 1 is 1.15 bits per heavy atom. The van der Waals surface area contributed by atoms with Gasteiger partial charge in [-0.15, -0.1) is 0 Å². The van der Waals surface area contributed by atoms with Gasteiger partial charge in [0.2, 0.25) is 5.91 Å². The molecule has 0 saturated heterocycles. The summed E-state index contributed by atoms with van der Waals surface area (Å²) in [6.45, 7) is -0.753. The van der Waals surface area contributed by atoms with Crippen LogP contribution in [0.4, 0.5) is 8.78 Å². The van der Waals surface area contributed by atoms with E-state index in [0.29, 0.717) is 17.8 Å². The van der Waals surface area contributed by atoms with E-state index in [0.717, 1.165) is 19.3 Å². The number of carbonyl (C=O) groups is 1. The molecule has 0 aromatic rings. The Bertz CT molecular complexity index is 351. The summed E-state index contributed by atoms with van der Waals surface area (Å²) in [5.41, 5.74) is -0.390. The highest BCUT2D eigenvalue weighted by molar-refractivity contribution is 5.83. The Kier molecular flexibility index (Phi) is 3.73. The lowest BCUT2D eigenvalue weighted by Crippen LogP contribution is -2.55. The van der Waals surface area contributed by atoms with Crippen LogP contribution in [0.15, 0.2) is 0 Å². The van der Waals surface area contributed by atoms with E-state index in [9.17, 15) is 13.6 Å². The Balaban J connectivity index is 1.77. The van der Waals surface area contributed by atoms with Crippen LogP contribution in [-0.2, 0) is 4.79 Å². The lowest BCUT2D eigenvalue weighted by Gasteiger charge is -2.56. The summed E-state index contributed by atoms with van der Waals surface area (Å²) < 4.78 is 25.3. The molecule has 4 rings (SSSR count). The fourth-order valence-electron chi connectivity index (χ4n) is 5.27. The lowest BCUT2D eigenvalue weighted by atomic mass is 9.49. The number of hydrogen-bond acceptors (Lipinski definition) is 2. The first-order valence-electron chi connectivity index (χ1n) is 7.71. The monoisotopic (exact) mass is 287 g/mol. The highest BCUT2D eigenvalue weighted by Gasteiger charge is 2.55. The minimum atomic E-state index is -2.53. The van der Waals surface area contributed by atoms with Gasteiger partial charge >= 0.3 is 0 Å². The molecule has 4 aliphatic carbocycles. The van der Waals surface area contributed by atoms with Crippen molar-refractivity contribution in [2.75, 3.05) is 19.7 Å². The summed E-state index contributed by atoms with van der Waals surface area (Å²) in [5, 5.41) is 9.04. The number of amides is 1. The van der Waals surface area contributed by atoms with E-state index in [-0.39, 0.29) is 19.1 Å². The van der Waals surface area contributed by atoms with Gasteiger partial charge < -0.3 is 10.0 Å². The topological polar surface area (TPSA) is 40.5 Å². The fourth-order valence-corrected chi connectivity index (χ4v) is 5.27. The highest BCUT2D eigenvalue weighted by atomic mass is 19.3. The molecular formula is C15H23F2NO2. The molecule has 4 bridgehead atoms. The van der Waals surface area contributed by atoms with Gasteiger partial charge in [-0.3, -0.25) is 4.79 Å². The Labute approximate surface area is 118 Å². The molecule has 3 nitrogen and oxygen atoms in total. The Morgan fingerprint density at radius 2 is 1.65 bits per heavy atom. The van der Waals surface area contributed by atoms with E-state index >= 15 is 0 Å². The summed E-state index contributed by atoms with van der Waals surface area (Å²) in [6.07, 6.45) is 3.78. The van der Waals surface area contributed by atoms with Gasteiger partial charge in [0.25, 0.3) is 6.43 Å². The average molecular weight is 287 g/mol. The van der Waals surface area contributed by atoms with Crippen molar-refractivity contribution < 1.29 is 18.7 Å². The number of aliphatic hydroxyl groups is 1. The molecule has 20 heavy (non-hydrogen) atoms. The molecule has 1 N–H and O–H groups in total. The average Bonchev–Trinajstić information content (AvgIpc) is 2.35. The number of rotatable bonds is 5.